The first-order chi connectivity index (χ1) is 15.1. The van der Waals surface area contributed by atoms with Gasteiger partial charge in [0.05, 0.1) is 20.2 Å². The van der Waals surface area contributed by atoms with Gasteiger partial charge in [0.1, 0.15) is 17.8 Å². The van der Waals surface area contributed by atoms with Crippen LogP contribution in [-0.2, 0) is 24.4 Å². The zero-order valence-corrected chi connectivity index (χ0v) is 18.6. The molecule has 1 amide bonds. The molecule has 3 N–H and O–H groups in total. The van der Waals surface area contributed by atoms with Crippen molar-refractivity contribution in [2.45, 2.75) is 26.6 Å². The number of methoxy groups -OCH3 is 1. The summed E-state index contributed by atoms with van der Waals surface area (Å²) < 4.78 is 9.90. The Morgan fingerprint density at radius 2 is 2.19 bits per heavy atom. The van der Waals surface area contributed by atoms with E-state index in [-0.39, 0.29) is 5.82 Å². The number of amides is 1. The first kappa shape index (κ1) is 21.0. The number of aromatic nitrogens is 5. The summed E-state index contributed by atoms with van der Waals surface area (Å²) >= 11 is 1.78. The second-order valence-corrected chi connectivity index (χ2v) is 8.02. The first-order valence-electron chi connectivity index (χ1n) is 10.0. The molecule has 9 nitrogen and oxygen atoms in total. The van der Waals surface area contributed by atoms with Gasteiger partial charge in [-0.3, -0.25) is 9.69 Å². The van der Waals surface area contributed by atoms with Crippen molar-refractivity contribution < 1.29 is 14.1 Å². The molecule has 0 saturated heterocycles. The predicted octanol–water partition coefficient (Wildman–Crippen LogP) is 2.34. The average Bonchev–Trinajstić information content (AvgIpc) is 3.36. The maximum absolute atomic E-state index is 12.1. The molecule has 31 heavy (non-hydrogen) atoms. The number of imidazole rings is 1. The number of aromatic amines is 1. The Hall–Kier alpha value is -3.27. The van der Waals surface area contributed by atoms with Crippen LogP contribution in [0, 0.1) is 0 Å². The van der Waals surface area contributed by atoms with E-state index in [1.54, 1.807) is 25.1 Å². The second-order valence-electron chi connectivity index (χ2n) is 7.04. The van der Waals surface area contributed by atoms with E-state index in [0.29, 0.717) is 23.5 Å². The quantitative estimate of drug-likeness (QED) is 0.306. The highest BCUT2D eigenvalue weighted by Gasteiger charge is 2.28. The number of nitrogen functional groups attached to an aromatic ring is 1. The van der Waals surface area contributed by atoms with Crippen LogP contribution in [0.1, 0.15) is 12.7 Å². The molecule has 3 heterocycles. The van der Waals surface area contributed by atoms with Gasteiger partial charge in [0.25, 0.3) is 5.82 Å². The maximum atomic E-state index is 12.1. The summed E-state index contributed by atoms with van der Waals surface area (Å²) in [5.41, 5.74) is 9.56. The molecule has 10 heteroatoms. The highest BCUT2D eigenvalue weighted by Crippen LogP contribution is 2.25. The van der Waals surface area contributed by atoms with Gasteiger partial charge >= 0.3 is 0 Å². The minimum absolute atomic E-state index is 0.207. The van der Waals surface area contributed by atoms with Crippen molar-refractivity contribution in [3.05, 3.63) is 36.3 Å². The molecule has 0 fully saturated rings. The molecule has 0 atom stereocenters. The Morgan fingerprint density at radius 1 is 1.35 bits per heavy atom. The van der Waals surface area contributed by atoms with Crippen LogP contribution in [0.5, 0.6) is 5.75 Å². The van der Waals surface area contributed by atoms with Gasteiger partial charge < -0.3 is 15.5 Å². The molecule has 0 spiro atoms. The lowest BCUT2D eigenvalue weighted by Crippen LogP contribution is -2.42. The molecule has 0 bridgehead atoms. The number of hydrogen-bond acceptors (Lipinski definition) is 6. The number of ether oxygens (including phenoxy) is 1. The van der Waals surface area contributed by atoms with Gasteiger partial charge in [0.15, 0.2) is 28.3 Å². The Kier molecular flexibility index (Phi) is 5.99. The zero-order valence-electron chi connectivity index (χ0n) is 17.8. The largest absolute Gasteiger partial charge is 0.497 e. The Bertz CT molecular complexity index is 1230. The van der Waals surface area contributed by atoms with Crippen LogP contribution in [0.25, 0.3) is 22.2 Å². The summed E-state index contributed by atoms with van der Waals surface area (Å²) in [4.78, 5) is 25.6. The topological polar surface area (TPSA) is 106 Å². The number of fused-ring (bicyclic) bond motifs is 2. The third kappa shape index (κ3) is 3.78. The number of rotatable bonds is 9. The summed E-state index contributed by atoms with van der Waals surface area (Å²) in [7, 11) is 1.66. The predicted molar refractivity (Wildman–Crippen MR) is 123 cm³/mol. The van der Waals surface area contributed by atoms with Gasteiger partial charge in [-0.1, -0.05) is 0 Å². The number of benzene rings is 1. The average molecular weight is 441 g/mol. The van der Waals surface area contributed by atoms with Gasteiger partial charge in [0, 0.05) is 18.0 Å². The standard InChI is InChI=1S/C21H26N7O2S/c1-4-27-17-11-14(30-2)5-6-16(17)28(9-10-31-3)18(27)12-26(13-29)21-19(22)25-20-15(24-21)7-8-23-20/h5-8,11,13H,4,9-10,12H2,1-3H3,(H3,22,23,25)/q+1. The van der Waals surface area contributed by atoms with Crippen LogP contribution < -0.4 is 19.9 Å². The van der Waals surface area contributed by atoms with Crippen LogP contribution in [0.4, 0.5) is 11.6 Å². The summed E-state index contributed by atoms with van der Waals surface area (Å²) in [5.74, 6) is 3.29. The molecular formula is C21H26N7O2S+. The SMILES string of the molecule is CCn1c(CN(C=O)c2nc3cc[nH]c3nc2N)[n+](CCSC)c2ccc(OC)cc21. The van der Waals surface area contributed by atoms with Crippen LogP contribution in [0.15, 0.2) is 30.5 Å². The highest BCUT2D eigenvalue weighted by atomic mass is 32.2. The lowest BCUT2D eigenvalue weighted by atomic mass is 10.3. The van der Waals surface area contributed by atoms with Gasteiger partial charge in [-0.25, -0.2) is 19.1 Å². The molecular weight excluding hydrogens is 414 g/mol. The monoisotopic (exact) mass is 440 g/mol. The van der Waals surface area contributed by atoms with Crippen molar-refractivity contribution in [3.63, 3.8) is 0 Å². The van der Waals surface area contributed by atoms with Gasteiger partial charge in [-0.2, -0.15) is 11.8 Å². The minimum atomic E-state index is 0.207. The third-order valence-electron chi connectivity index (χ3n) is 5.33. The fraction of sp³-hybridized carbons (Fsp3) is 0.333. The Morgan fingerprint density at radius 3 is 2.90 bits per heavy atom. The number of nitrogens with zero attached hydrogens (tertiary/aromatic N) is 5. The van der Waals surface area contributed by atoms with Crippen molar-refractivity contribution in [1.29, 1.82) is 0 Å². The Labute approximate surface area is 184 Å². The molecule has 0 aliphatic carbocycles. The number of nitrogens with one attached hydrogen (secondary N) is 1. The van der Waals surface area contributed by atoms with Crippen molar-refractivity contribution in [3.8, 4) is 5.75 Å². The van der Waals surface area contributed by atoms with Crippen molar-refractivity contribution in [2.75, 3.05) is 29.8 Å². The molecule has 0 unspecified atom stereocenters. The molecule has 4 rings (SSSR count). The molecule has 0 aliphatic rings. The molecule has 4 aromatic rings. The molecule has 0 saturated carbocycles. The van der Waals surface area contributed by atoms with E-state index in [2.05, 4.69) is 43.3 Å². The highest BCUT2D eigenvalue weighted by molar-refractivity contribution is 7.98. The third-order valence-corrected chi connectivity index (χ3v) is 5.92. The molecule has 1 aromatic carbocycles. The van der Waals surface area contributed by atoms with Crippen molar-refractivity contribution >= 4 is 52.0 Å². The summed E-state index contributed by atoms with van der Waals surface area (Å²) in [5, 5.41) is 0. The fourth-order valence-corrected chi connectivity index (χ4v) is 4.22. The second kappa shape index (κ2) is 8.84. The fourth-order valence-electron chi connectivity index (χ4n) is 3.85. The first-order valence-corrected chi connectivity index (χ1v) is 11.4. The van der Waals surface area contributed by atoms with Crippen LogP contribution in [-0.4, -0.2) is 45.0 Å². The van der Waals surface area contributed by atoms with Crippen molar-refractivity contribution in [1.82, 2.24) is 19.5 Å². The number of thioether (sulfide) groups is 1. The number of carbonyl (C=O) groups excluding carboxylic acids is 1. The van der Waals surface area contributed by atoms with E-state index in [4.69, 9.17) is 10.5 Å². The zero-order chi connectivity index (χ0) is 22.0. The van der Waals surface area contributed by atoms with E-state index >= 15 is 0 Å². The van der Waals surface area contributed by atoms with E-state index in [0.717, 1.165) is 47.9 Å². The van der Waals surface area contributed by atoms with Crippen LogP contribution >= 0.6 is 11.8 Å². The molecule has 162 valence electrons. The maximum Gasteiger partial charge on any atom is 0.277 e. The van der Waals surface area contributed by atoms with E-state index in [1.165, 1.54) is 4.90 Å². The number of anilines is 2. The van der Waals surface area contributed by atoms with E-state index in [1.807, 2.05) is 18.2 Å². The van der Waals surface area contributed by atoms with E-state index in [9.17, 15) is 4.79 Å². The number of hydrogen-bond donors (Lipinski definition) is 2. The Balaban J connectivity index is 1.84. The van der Waals surface area contributed by atoms with Gasteiger partial charge in [-0.15, -0.1) is 0 Å². The number of H-pyrrole nitrogens is 1. The van der Waals surface area contributed by atoms with Gasteiger partial charge in [0.2, 0.25) is 6.41 Å². The normalized spacial score (nSPS) is 11.3. The minimum Gasteiger partial charge on any atom is -0.497 e. The van der Waals surface area contributed by atoms with Gasteiger partial charge in [-0.05, 0) is 31.4 Å². The summed E-state index contributed by atoms with van der Waals surface area (Å²) in [6, 6.07) is 7.86. The number of nitrogens with two attached hydrogens (primary N) is 1. The summed E-state index contributed by atoms with van der Waals surface area (Å²) in [6.07, 6.45) is 4.59. The van der Waals surface area contributed by atoms with E-state index < -0.39 is 0 Å². The van der Waals surface area contributed by atoms with Crippen molar-refractivity contribution in [2.24, 2.45) is 0 Å². The number of aryl methyl sites for hydroxylation is 2. The lowest BCUT2D eigenvalue weighted by molar-refractivity contribution is -0.675. The summed E-state index contributed by atoms with van der Waals surface area (Å²) in [6.45, 7) is 3.97. The number of carbonyl (C=O) groups is 1. The smallest absolute Gasteiger partial charge is 0.277 e. The molecule has 0 aliphatic heterocycles. The molecule has 3 aromatic heterocycles. The van der Waals surface area contributed by atoms with Crippen LogP contribution in [0.2, 0.25) is 0 Å². The molecule has 0 radical (unpaired) electrons. The van der Waals surface area contributed by atoms with Crippen LogP contribution in [0.3, 0.4) is 0 Å². The lowest BCUT2D eigenvalue weighted by Gasteiger charge is -2.17.